The van der Waals surface area contributed by atoms with Crippen molar-refractivity contribution >= 4 is 23.1 Å². The predicted molar refractivity (Wildman–Crippen MR) is 76.4 cm³/mol. The summed E-state index contributed by atoms with van der Waals surface area (Å²) < 4.78 is 5.57. The van der Waals surface area contributed by atoms with E-state index in [1.165, 1.54) is 0 Å². The van der Waals surface area contributed by atoms with Crippen LogP contribution in [0.2, 0.25) is 0 Å². The Bertz CT molecular complexity index is 316. The second-order valence-electron chi connectivity index (χ2n) is 4.94. The molecular formula is C13H24N2O2S. The molecule has 1 fully saturated rings. The van der Waals surface area contributed by atoms with Gasteiger partial charge in [-0.15, -0.1) is 0 Å². The Morgan fingerprint density at radius 1 is 1.50 bits per heavy atom. The summed E-state index contributed by atoms with van der Waals surface area (Å²) in [7, 11) is 0. The number of carbonyl (C=O) groups is 1. The van der Waals surface area contributed by atoms with Crippen LogP contribution in [0.4, 0.5) is 0 Å². The molecule has 0 spiro atoms. The molecule has 1 aliphatic heterocycles. The molecule has 1 atom stereocenters. The van der Waals surface area contributed by atoms with Gasteiger partial charge in [-0.1, -0.05) is 26.1 Å². The van der Waals surface area contributed by atoms with Crippen LogP contribution in [0.1, 0.15) is 40.0 Å². The average Bonchev–Trinajstić information content (AvgIpc) is 2.55. The van der Waals surface area contributed by atoms with Gasteiger partial charge in [-0.2, -0.15) is 0 Å². The molecular weight excluding hydrogens is 248 g/mol. The van der Waals surface area contributed by atoms with E-state index in [9.17, 15) is 4.79 Å². The Morgan fingerprint density at radius 2 is 2.11 bits per heavy atom. The molecule has 0 bridgehead atoms. The lowest BCUT2D eigenvalue weighted by molar-refractivity contribution is -0.139. The Labute approximate surface area is 115 Å². The first kappa shape index (κ1) is 15.4. The molecule has 0 radical (unpaired) electrons. The van der Waals surface area contributed by atoms with Crippen molar-refractivity contribution < 1.29 is 9.53 Å². The van der Waals surface area contributed by atoms with Gasteiger partial charge in [-0.3, -0.25) is 4.79 Å². The maximum atomic E-state index is 12.7. The molecule has 104 valence electrons. The first-order valence-corrected chi connectivity index (χ1v) is 7.09. The fourth-order valence-corrected chi connectivity index (χ4v) is 2.86. The van der Waals surface area contributed by atoms with E-state index in [1.54, 1.807) is 0 Å². The summed E-state index contributed by atoms with van der Waals surface area (Å²) in [6.07, 6.45) is 2.26. The van der Waals surface area contributed by atoms with E-state index < -0.39 is 5.41 Å². The second kappa shape index (κ2) is 6.48. The maximum Gasteiger partial charge on any atom is 0.235 e. The van der Waals surface area contributed by atoms with Crippen LogP contribution in [-0.2, 0) is 9.53 Å². The van der Waals surface area contributed by atoms with E-state index >= 15 is 0 Å². The monoisotopic (exact) mass is 272 g/mol. The minimum atomic E-state index is -0.681. The molecule has 1 amide bonds. The van der Waals surface area contributed by atoms with Gasteiger partial charge >= 0.3 is 0 Å². The fourth-order valence-electron chi connectivity index (χ4n) is 2.49. The molecule has 0 aromatic rings. The Hall–Kier alpha value is -0.680. The SMILES string of the molecule is CCC(CC)(C(=O)N1CCCOC(C)C1)C(N)=S. The molecule has 5 heteroatoms. The summed E-state index contributed by atoms with van der Waals surface area (Å²) in [5, 5.41) is 0. The van der Waals surface area contributed by atoms with Crippen LogP contribution >= 0.6 is 12.2 Å². The number of hydrogen-bond donors (Lipinski definition) is 1. The van der Waals surface area contributed by atoms with Crippen molar-refractivity contribution in [3.63, 3.8) is 0 Å². The zero-order chi connectivity index (χ0) is 13.8. The minimum absolute atomic E-state index is 0.0670. The standard InChI is InChI=1S/C13H24N2O2S/c1-4-13(5-2,11(14)18)12(16)15-7-6-8-17-10(3)9-15/h10H,4-9H2,1-3H3,(H2,14,18). The summed E-state index contributed by atoms with van der Waals surface area (Å²) in [6, 6.07) is 0. The fraction of sp³-hybridized carbons (Fsp3) is 0.846. The summed E-state index contributed by atoms with van der Waals surface area (Å²) in [6.45, 7) is 8.00. The lowest BCUT2D eigenvalue weighted by atomic mass is 9.80. The van der Waals surface area contributed by atoms with Crippen molar-refractivity contribution in [2.45, 2.75) is 46.1 Å². The molecule has 0 saturated carbocycles. The summed E-state index contributed by atoms with van der Waals surface area (Å²) >= 11 is 5.14. The molecule has 18 heavy (non-hydrogen) atoms. The van der Waals surface area contributed by atoms with Crippen LogP contribution in [-0.4, -0.2) is 41.6 Å². The maximum absolute atomic E-state index is 12.7. The number of carbonyl (C=O) groups excluding carboxylic acids is 1. The molecule has 2 N–H and O–H groups in total. The molecule has 1 aliphatic rings. The van der Waals surface area contributed by atoms with Gasteiger partial charge in [0, 0.05) is 19.7 Å². The lowest BCUT2D eigenvalue weighted by Crippen LogP contribution is -2.51. The van der Waals surface area contributed by atoms with Gasteiger partial charge in [0.05, 0.1) is 16.5 Å². The highest BCUT2D eigenvalue weighted by Crippen LogP contribution is 2.30. The second-order valence-corrected chi connectivity index (χ2v) is 5.38. The van der Waals surface area contributed by atoms with Crippen LogP contribution < -0.4 is 5.73 Å². The van der Waals surface area contributed by atoms with E-state index in [0.29, 0.717) is 31.0 Å². The Morgan fingerprint density at radius 3 is 2.61 bits per heavy atom. The smallest absolute Gasteiger partial charge is 0.235 e. The molecule has 0 aliphatic carbocycles. The van der Waals surface area contributed by atoms with Crippen LogP contribution in [0.5, 0.6) is 0 Å². The van der Waals surface area contributed by atoms with E-state index in [1.807, 2.05) is 25.7 Å². The Balaban J connectivity index is 2.91. The van der Waals surface area contributed by atoms with Gasteiger partial charge in [0.1, 0.15) is 0 Å². The van der Waals surface area contributed by atoms with Crippen LogP contribution in [0.25, 0.3) is 0 Å². The van der Waals surface area contributed by atoms with Crippen molar-refractivity contribution in [2.24, 2.45) is 11.1 Å². The number of amides is 1. The van der Waals surface area contributed by atoms with Crippen molar-refractivity contribution in [2.75, 3.05) is 19.7 Å². The molecule has 0 aromatic carbocycles. The average molecular weight is 272 g/mol. The Kier molecular flexibility index (Phi) is 5.53. The molecule has 0 aromatic heterocycles. The van der Waals surface area contributed by atoms with Gasteiger partial charge in [0.25, 0.3) is 0 Å². The van der Waals surface area contributed by atoms with E-state index in [0.717, 1.165) is 13.0 Å². The number of ether oxygens (including phenoxy) is 1. The van der Waals surface area contributed by atoms with Crippen molar-refractivity contribution in [1.29, 1.82) is 0 Å². The molecule has 1 unspecified atom stereocenters. The topological polar surface area (TPSA) is 55.6 Å². The zero-order valence-electron chi connectivity index (χ0n) is 11.6. The zero-order valence-corrected chi connectivity index (χ0v) is 12.4. The van der Waals surface area contributed by atoms with Gasteiger partial charge < -0.3 is 15.4 Å². The van der Waals surface area contributed by atoms with Crippen molar-refractivity contribution in [3.05, 3.63) is 0 Å². The van der Waals surface area contributed by atoms with Crippen molar-refractivity contribution in [3.8, 4) is 0 Å². The third kappa shape index (κ3) is 3.01. The van der Waals surface area contributed by atoms with Gasteiger partial charge in [-0.25, -0.2) is 0 Å². The summed E-state index contributed by atoms with van der Waals surface area (Å²) in [5.74, 6) is 0.0670. The van der Waals surface area contributed by atoms with Crippen molar-refractivity contribution in [1.82, 2.24) is 4.90 Å². The molecule has 1 saturated heterocycles. The number of nitrogens with two attached hydrogens (primary N) is 1. The van der Waals surface area contributed by atoms with Gasteiger partial charge in [-0.05, 0) is 26.2 Å². The normalized spacial score (nSPS) is 21.5. The first-order valence-electron chi connectivity index (χ1n) is 6.68. The quantitative estimate of drug-likeness (QED) is 0.792. The molecule has 1 rings (SSSR count). The third-order valence-corrected chi connectivity index (χ3v) is 4.22. The van der Waals surface area contributed by atoms with E-state index in [-0.39, 0.29) is 12.0 Å². The third-order valence-electron chi connectivity index (χ3n) is 3.83. The molecule has 4 nitrogen and oxygen atoms in total. The van der Waals surface area contributed by atoms with E-state index in [2.05, 4.69) is 0 Å². The summed E-state index contributed by atoms with van der Waals surface area (Å²) in [4.78, 5) is 14.9. The highest BCUT2D eigenvalue weighted by atomic mass is 32.1. The lowest BCUT2D eigenvalue weighted by Gasteiger charge is -2.35. The van der Waals surface area contributed by atoms with Crippen LogP contribution in [0.15, 0.2) is 0 Å². The largest absolute Gasteiger partial charge is 0.392 e. The van der Waals surface area contributed by atoms with E-state index in [4.69, 9.17) is 22.7 Å². The number of thiocarbonyl (C=S) groups is 1. The van der Waals surface area contributed by atoms with Crippen LogP contribution in [0, 0.1) is 5.41 Å². The highest BCUT2D eigenvalue weighted by molar-refractivity contribution is 7.80. The van der Waals surface area contributed by atoms with Gasteiger partial charge in [0.15, 0.2) is 0 Å². The molecule has 1 heterocycles. The summed E-state index contributed by atoms with van der Waals surface area (Å²) in [5.41, 5.74) is 5.15. The van der Waals surface area contributed by atoms with Gasteiger partial charge in [0.2, 0.25) is 5.91 Å². The highest BCUT2D eigenvalue weighted by Gasteiger charge is 2.41. The number of rotatable bonds is 4. The predicted octanol–water partition coefficient (Wildman–Crippen LogP) is 1.72. The first-order chi connectivity index (χ1) is 8.47. The van der Waals surface area contributed by atoms with Crippen LogP contribution in [0.3, 0.4) is 0 Å². The number of hydrogen-bond acceptors (Lipinski definition) is 3. The number of nitrogens with zero attached hydrogens (tertiary/aromatic N) is 1. The minimum Gasteiger partial charge on any atom is -0.392 e.